The Balaban J connectivity index is 1.56. The average molecular weight is 418 g/mol. The number of benzene rings is 1. The Hall–Kier alpha value is -3.19. The molecule has 0 aliphatic carbocycles. The number of nitrogens with one attached hydrogen (secondary N) is 1. The maximum absolute atomic E-state index is 10.3. The molecule has 4 rings (SSSR count). The molecule has 1 fully saturated rings. The highest BCUT2D eigenvalue weighted by molar-refractivity contribution is 5.84. The lowest BCUT2D eigenvalue weighted by Crippen LogP contribution is -2.33. The third kappa shape index (κ3) is 3.57. The molecule has 3 aromatic rings. The van der Waals surface area contributed by atoms with Crippen LogP contribution in [0.5, 0.6) is 11.5 Å². The van der Waals surface area contributed by atoms with Crippen molar-refractivity contribution in [2.24, 2.45) is 0 Å². The molecule has 1 aromatic carbocycles. The van der Waals surface area contributed by atoms with Crippen LogP contribution < -0.4 is 11.1 Å². The fraction of sp³-hybridized carbons (Fsp3) is 0.389. The molecule has 2 aromatic heterocycles. The summed E-state index contributed by atoms with van der Waals surface area (Å²) in [5.41, 5.74) is 7.31. The monoisotopic (exact) mass is 418 g/mol. The van der Waals surface area contributed by atoms with E-state index >= 15 is 0 Å². The van der Waals surface area contributed by atoms with E-state index in [1.165, 1.54) is 23.0 Å². The molecule has 30 heavy (non-hydrogen) atoms. The molecule has 1 aliphatic rings. The van der Waals surface area contributed by atoms with Crippen molar-refractivity contribution in [1.82, 2.24) is 19.5 Å². The molecular weight excluding hydrogens is 396 g/mol. The van der Waals surface area contributed by atoms with Crippen molar-refractivity contribution in [2.75, 3.05) is 24.2 Å². The minimum Gasteiger partial charge on any atom is -0.504 e. The largest absolute Gasteiger partial charge is 0.504 e. The number of aromatic nitrogens is 4. The van der Waals surface area contributed by atoms with Crippen LogP contribution in [0.3, 0.4) is 0 Å². The number of fused-ring (bicyclic) bond motifs is 1. The Kier molecular flexibility index (Phi) is 5.30. The first kappa shape index (κ1) is 20.1. The Bertz CT molecular complexity index is 1060. The highest BCUT2D eigenvalue weighted by atomic mass is 16.6. The van der Waals surface area contributed by atoms with Gasteiger partial charge in [-0.25, -0.2) is 4.98 Å². The normalized spacial score (nSPS) is 23.8. The van der Waals surface area contributed by atoms with Gasteiger partial charge in [0.2, 0.25) is 5.95 Å². The fourth-order valence-corrected chi connectivity index (χ4v) is 3.40. The molecule has 0 saturated carbocycles. The predicted octanol–water partition coefficient (Wildman–Crippen LogP) is -0.914. The maximum atomic E-state index is 10.3. The summed E-state index contributed by atoms with van der Waals surface area (Å²) in [6, 6.07) is 4.57. The van der Waals surface area contributed by atoms with Gasteiger partial charge in [0.1, 0.15) is 18.3 Å². The molecule has 0 spiro atoms. The first-order valence-corrected chi connectivity index (χ1v) is 9.26. The zero-order valence-electron chi connectivity index (χ0n) is 15.8. The van der Waals surface area contributed by atoms with Gasteiger partial charge in [0, 0.05) is 6.54 Å². The molecular formula is C18H22N6O6. The third-order valence-corrected chi connectivity index (χ3v) is 4.98. The second kappa shape index (κ2) is 7.91. The van der Waals surface area contributed by atoms with E-state index in [1.807, 2.05) is 0 Å². The van der Waals surface area contributed by atoms with Crippen molar-refractivity contribution in [3.8, 4) is 11.5 Å². The minimum atomic E-state index is -1.28. The van der Waals surface area contributed by atoms with Crippen molar-refractivity contribution in [3.05, 3.63) is 30.1 Å². The van der Waals surface area contributed by atoms with E-state index in [2.05, 4.69) is 20.3 Å². The van der Waals surface area contributed by atoms with Gasteiger partial charge in [-0.05, 0) is 24.1 Å². The summed E-state index contributed by atoms with van der Waals surface area (Å²) < 4.78 is 6.97. The fourth-order valence-electron chi connectivity index (χ4n) is 3.40. The summed E-state index contributed by atoms with van der Waals surface area (Å²) in [7, 11) is 0. The van der Waals surface area contributed by atoms with Gasteiger partial charge in [0.25, 0.3) is 0 Å². The summed E-state index contributed by atoms with van der Waals surface area (Å²) in [6.07, 6.45) is -2.55. The van der Waals surface area contributed by atoms with Crippen LogP contribution in [-0.2, 0) is 11.2 Å². The molecule has 0 radical (unpaired) electrons. The number of aromatic hydroxyl groups is 2. The first-order chi connectivity index (χ1) is 14.4. The van der Waals surface area contributed by atoms with Gasteiger partial charge in [-0.3, -0.25) is 4.57 Å². The average Bonchev–Trinajstić information content (AvgIpc) is 3.25. The molecule has 0 bridgehead atoms. The van der Waals surface area contributed by atoms with Crippen LogP contribution in [0.2, 0.25) is 0 Å². The van der Waals surface area contributed by atoms with Gasteiger partial charge in [-0.15, -0.1) is 0 Å². The van der Waals surface area contributed by atoms with Crippen LogP contribution in [0.15, 0.2) is 24.5 Å². The van der Waals surface area contributed by atoms with Crippen molar-refractivity contribution in [1.29, 1.82) is 0 Å². The van der Waals surface area contributed by atoms with Crippen molar-refractivity contribution in [2.45, 2.75) is 31.0 Å². The topological polar surface area (TPSA) is 192 Å². The predicted molar refractivity (Wildman–Crippen MR) is 105 cm³/mol. The Morgan fingerprint density at radius 1 is 1.13 bits per heavy atom. The zero-order valence-corrected chi connectivity index (χ0v) is 15.8. The summed E-state index contributed by atoms with van der Waals surface area (Å²) in [5, 5.41) is 51.7. The van der Waals surface area contributed by atoms with Crippen LogP contribution >= 0.6 is 0 Å². The molecule has 12 heteroatoms. The smallest absolute Gasteiger partial charge is 0.224 e. The molecule has 12 nitrogen and oxygen atoms in total. The molecule has 4 atom stereocenters. The van der Waals surface area contributed by atoms with Gasteiger partial charge in [0.15, 0.2) is 34.7 Å². The Morgan fingerprint density at radius 3 is 2.63 bits per heavy atom. The number of nitrogens with zero attached hydrogens (tertiary/aromatic N) is 4. The third-order valence-electron chi connectivity index (χ3n) is 4.98. The SMILES string of the molecule is Nc1nc(NCCc2ccc(O)c(O)c2)c2ncn(C3O[C@H](CO)[C@@H](O)[C@H]3O)c2n1. The Labute approximate surface area is 170 Å². The number of aliphatic hydroxyl groups is 3. The number of imidazole rings is 1. The highest BCUT2D eigenvalue weighted by Gasteiger charge is 2.44. The number of phenols is 2. The standard InChI is InChI=1S/C18H22N6O6/c19-18-22-15(20-4-3-8-1-2-9(26)10(27)5-8)12-16(23-18)24(7-21-12)17-14(29)13(28)11(6-25)30-17/h1-2,5,7,11,13-14,17,25-29H,3-4,6H2,(H3,19,20,22,23)/t11-,13-,14-,17?/m1/s1. The van der Waals surface area contributed by atoms with E-state index in [0.29, 0.717) is 29.9 Å². The highest BCUT2D eigenvalue weighted by Crippen LogP contribution is 2.32. The van der Waals surface area contributed by atoms with E-state index < -0.39 is 31.1 Å². The molecule has 1 saturated heterocycles. The molecule has 0 amide bonds. The lowest BCUT2D eigenvalue weighted by Gasteiger charge is -2.16. The van der Waals surface area contributed by atoms with E-state index in [4.69, 9.17) is 10.5 Å². The summed E-state index contributed by atoms with van der Waals surface area (Å²) in [6.45, 7) is -0.0193. The Morgan fingerprint density at radius 2 is 1.93 bits per heavy atom. The number of rotatable bonds is 6. The van der Waals surface area contributed by atoms with Crippen LogP contribution in [0.1, 0.15) is 11.8 Å². The lowest BCUT2D eigenvalue weighted by atomic mass is 10.1. The molecule has 160 valence electrons. The number of anilines is 2. The van der Waals surface area contributed by atoms with E-state index in [0.717, 1.165) is 5.56 Å². The molecule has 1 unspecified atom stereocenters. The van der Waals surface area contributed by atoms with E-state index in [-0.39, 0.29) is 17.4 Å². The summed E-state index contributed by atoms with van der Waals surface area (Å²) in [5.74, 6) is -0.0439. The number of hydrogen-bond donors (Lipinski definition) is 7. The first-order valence-electron chi connectivity index (χ1n) is 9.26. The number of hydrogen-bond acceptors (Lipinski definition) is 11. The van der Waals surface area contributed by atoms with Gasteiger partial charge in [-0.2, -0.15) is 9.97 Å². The van der Waals surface area contributed by atoms with Gasteiger partial charge < -0.3 is 41.3 Å². The van der Waals surface area contributed by atoms with Gasteiger partial charge >= 0.3 is 0 Å². The maximum Gasteiger partial charge on any atom is 0.224 e. The second-order valence-corrected chi connectivity index (χ2v) is 6.98. The van der Waals surface area contributed by atoms with Crippen LogP contribution in [-0.4, -0.2) is 76.5 Å². The van der Waals surface area contributed by atoms with Gasteiger partial charge in [0.05, 0.1) is 12.9 Å². The molecule has 3 heterocycles. The number of aliphatic hydroxyl groups excluding tert-OH is 3. The lowest BCUT2D eigenvalue weighted by molar-refractivity contribution is -0.0511. The number of nitrogens with two attached hydrogens (primary N) is 1. The summed E-state index contributed by atoms with van der Waals surface area (Å²) >= 11 is 0. The van der Waals surface area contributed by atoms with Crippen LogP contribution in [0.25, 0.3) is 11.2 Å². The van der Waals surface area contributed by atoms with Crippen molar-refractivity contribution < 1.29 is 30.3 Å². The second-order valence-electron chi connectivity index (χ2n) is 6.98. The number of nitrogen functional groups attached to an aromatic ring is 1. The van der Waals surface area contributed by atoms with Crippen molar-refractivity contribution >= 4 is 22.9 Å². The quantitative estimate of drug-likeness (QED) is 0.245. The molecule has 8 N–H and O–H groups in total. The molecule has 1 aliphatic heterocycles. The van der Waals surface area contributed by atoms with Crippen LogP contribution in [0, 0.1) is 0 Å². The van der Waals surface area contributed by atoms with Gasteiger partial charge in [-0.1, -0.05) is 6.07 Å². The zero-order chi connectivity index (χ0) is 21.4. The van der Waals surface area contributed by atoms with Crippen LogP contribution in [0.4, 0.5) is 11.8 Å². The minimum absolute atomic E-state index is 0.0271. The summed E-state index contributed by atoms with van der Waals surface area (Å²) in [4.78, 5) is 12.6. The number of phenolic OH excluding ortho intramolecular Hbond substituents is 2. The number of ether oxygens (including phenoxy) is 1. The van der Waals surface area contributed by atoms with E-state index in [9.17, 15) is 25.5 Å². The van der Waals surface area contributed by atoms with Crippen molar-refractivity contribution in [3.63, 3.8) is 0 Å². The van der Waals surface area contributed by atoms with E-state index in [1.54, 1.807) is 6.07 Å².